The van der Waals surface area contributed by atoms with Crippen LogP contribution < -0.4 is 0 Å². The number of hydrogen-bond acceptors (Lipinski definition) is 14. The number of allylic oxidation sites excluding steroid dienone is 4. The Kier molecular flexibility index (Phi) is 89.5. The maximum Gasteiger partial charge on any atom is 2.00 e. The number of ether oxygens (including phenoxy) is 4. The Morgan fingerprint density at radius 2 is 0.344 bits per heavy atom. The van der Waals surface area contributed by atoms with Crippen LogP contribution in [-0.4, -0.2) is 114 Å². The zero-order chi connectivity index (χ0) is 90.1. The molecule has 0 N–H and O–H groups in total. The van der Waals surface area contributed by atoms with Gasteiger partial charge in [0.25, 0.3) is 0 Å². The molecule has 0 aliphatic carbocycles. The second-order valence-corrected chi connectivity index (χ2v) is 38.7. The third-order valence-corrected chi connectivity index (χ3v) is 26.3. The molecule has 0 saturated carbocycles. The molecule has 125 heavy (non-hydrogen) atoms. The summed E-state index contributed by atoms with van der Waals surface area (Å²) in [5.74, 6) is -3.60. The first-order chi connectivity index (χ1) is 60.6. The van der Waals surface area contributed by atoms with Gasteiger partial charge in [-0.1, -0.05) is 473 Å². The molecule has 17 heteroatoms. The number of benzene rings is 2. The molecule has 2 aromatic rings. The Balaban J connectivity index is 0.00000244. The van der Waals surface area contributed by atoms with Crippen LogP contribution in [0.2, 0.25) is 0 Å². The summed E-state index contributed by atoms with van der Waals surface area (Å²) in [7, 11) is -10.0. The van der Waals surface area contributed by atoms with Gasteiger partial charge in [0, 0.05) is 0 Å². The minimum absolute atomic E-state index is 0. The van der Waals surface area contributed by atoms with Gasteiger partial charge in [-0.05, 0) is 101 Å². The summed E-state index contributed by atoms with van der Waals surface area (Å²) in [4.78, 5) is 50.7. The first kappa shape index (κ1) is 121. The quantitative estimate of drug-likeness (QED) is 0.0150. The minimum atomic E-state index is -5.02. The van der Waals surface area contributed by atoms with Gasteiger partial charge >= 0.3 is 61.6 Å². The van der Waals surface area contributed by atoms with E-state index in [-0.39, 0.29) is 75.3 Å². The predicted molar refractivity (Wildman–Crippen MR) is 526 cm³/mol. The molecule has 0 unspecified atom stereocenters. The monoisotopic (exact) mass is 1810 g/mol. The maximum atomic E-state index is 13.1. The molecule has 0 saturated heterocycles. The van der Waals surface area contributed by atoms with E-state index < -0.39 is 65.0 Å². The van der Waals surface area contributed by atoms with E-state index in [0.717, 1.165) is 115 Å². The molecule has 2 aromatic carbocycles. The molecule has 0 heterocycles. The molecule has 2 rings (SSSR count). The molecular formula is C108H186CaO14S2. The predicted octanol–water partition coefficient (Wildman–Crippen LogP) is 33.4. The van der Waals surface area contributed by atoms with E-state index in [2.05, 4.69) is 26.3 Å². The zero-order valence-corrected chi connectivity index (χ0v) is 84.1. The third kappa shape index (κ3) is 76.6. The molecule has 0 aromatic heterocycles. The van der Waals surface area contributed by atoms with Crippen LogP contribution in [-0.2, 0) is 39.2 Å². The summed E-state index contributed by atoms with van der Waals surface area (Å²) in [6, 6.07) is 7.30. The second kappa shape index (κ2) is 92.2. The maximum absolute atomic E-state index is 13.1. The third-order valence-electron chi connectivity index (χ3n) is 24.6. The van der Waals surface area contributed by atoms with Crippen LogP contribution in [0.5, 0.6) is 0 Å². The van der Waals surface area contributed by atoms with Crippen LogP contribution in [0.1, 0.15) is 555 Å². The van der Waals surface area contributed by atoms with Gasteiger partial charge in [-0.15, -0.1) is 26.3 Å². The fourth-order valence-electron chi connectivity index (χ4n) is 16.8. The zero-order valence-electron chi connectivity index (χ0n) is 80.2. The van der Waals surface area contributed by atoms with Gasteiger partial charge in [0.05, 0.1) is 58.5 Å². The molecule has 716 valence electrons. The average molecular weight is 1810 g/mol. The average Bonchev–Trinajstić information content (AvgIpc) is 0.795. The molecule has 0 aliphatic rings. The number of carbonyl (C=O) groups is 4. The van der Waals surface area contributed by atoms with E-state index in [1.165, 1.54) is 410 Å². The standard InChI is InChI=1S/2C54H94O7S.Ca/c2*1-3-5-7-9-11-13-15-17-19-21-23-25-27-29-31-33-35-37-39-41-43-48-60-53(55)50-46-45-47-51(62(57,58)59)52(50)54(56)61-49-44-42-40-38-36-34-32-30-28-26-24-22-20-18-16-14-12-10-8-6-4-2;/h2*3-4,45-47H,1-2,5-44,48-49H2,(H,57,58,59);/q;;+2/p-2. The van der Waals surface area contributed by atoms with Gasteiger partial charge in [0.2, 0.25) is 0 Å². The van der Waals surface area contributed by atoms with Crippen LogP contribution in [0.15, 0.2) is 96.8 Å². The molecule has 0 spiro atoms. The van der Waals surface area contributed by atoms with Crippen molar-refractivity contribution in [2.75, 3.05) is 26.4 Å². The topological polar surface area (TPSA) is 220 Å². The first-order valence-electron chi connectivity index (χ1n) is 51.9. The van der Waals surface area contributed by atoms with Crippen molar-refractivity contribution in [3.63, 3.8) is 0 Å². The van der Waals surface area contributed by atoms with Gasteiger partial charge in [0.15, 0.2) is 0 Å². The number of hydrogen-bond donors (Lipinski definition) is 0. The molecule has 0 aliphatic heterocycles. The fraction of sp³-hybridized carbons (Fsp3) is 0.778. The van der Waals surface area contributed by atoms with Crippen LogP contribution >= 0.6 is 0 Å². The van der Waals surface area contributed by atoms with Gasteiger partial charge < -0.3 is 28.1 Å². The summed E-state index contributed by atoms with van der Waals surface area (Å²) in [5.41, 5.74) is -1.54. The normalized spacial score (nSPS) is 11.4. The molecule has 14 nitrogen and oxygen atoms in total. The summed E-state index contributed by atoms with van der Waals surface area (Å²) in [6.07, 6.45) is 108. The van der Waals surface area contributed by atoms with Crippen molar-refractivity contribution < 1.29 is 64.1 Å². The summed E-state index contributed by atoms with van der Waals surface area (Å²) in [6.45, 7) is 15.7. The molecule has 0 amide bonds. The van der Waals surface area contributed by atoms with Crippen molar-refractivity contribution >= 4 is 81.9 Å². The van der Waals surface area contributed by atoms with E-state index >= 15 is 0 Å². The van der Waals surface area contributed by atoms with Gasteiger partial charge in [0.1, 0.15) is 20.2 Å². The Labute approximate surface area is 798 Å². The minimum Gasteiger partial charge on any atom is -0.744 e. The summed E-state index contributed by atoms with van der Waals surface area (Å²) < 4.78 is 93.9. The molecule has 0 fully saturated rings. The largest absolute Gasteiger partial charge is 2.00 e. The first-order valence-corrected chi connectivity index (χ1v) is 54.8. The summed E-state index contributed by atoms with van der Waals surface area (Å²) >= 11 is 0. The Morgan fingerprint density at radius 1 is 0.216 bits per heavy atom. The van der Waals surface area contributed by atoms with E-state index in [1.807, 2.05) is 24.3 Å². The fourth-order valence-corrected chi connectivity index (χ4v) is 18.2. The van der Waals surface area contributed by atoms with Crippen molar-refractivity contribution in [3.8, 4) is 0 Å². The van der Waals surface area contributed by atoms with Crippen molar-refractivity contribution in [3.05, 3.63) is 109 Å². The summed E-state index contributed by atoms with van der Waals surface area (Å²) in [5, 5.41) is 0. The molecule has 0 atom stereocenters. The van der Waals surface area contributed by atoms with Crippen molar-refractivity contribution in [1.82, 2.24) is 0 Å². The molecular weight excluding hydrogens is 1630 g/mol. The van der Waals surface area contributed by atoms with E-state index in [1.54, 1.807) is 0 Å². The van der Waals surface area contributed by atoms with Crippen molar-refractivity contribution in [1.29, 1.82) is 0 Å². The number of rotatable bonds is 94. The van der Waals surface area contributed by atoms with Crippen LogP contribution in [0.25, 0.3) is 0 Å². The SMILES string of the molecule is C=CCCCCCCCCCCCCCCCCCCCCCOC(=O)c1cccc(S(=O)(=O)[O-])c1C(=O)OCCCCCCCCCCCCCCCCCCCCCC=C.C=CCCCCCCCCCCCCCCCCCCCCCOC(=O)c1cccc(S(=O)(=O)[O-])c1C(=O)OCCCCCCCCCCCCCCCCCCCCCC=C.[Ca+2]. The van der Waals surface area contributed by atoms with Gasteiger partial charge in [-0.3, -0.25) is 0 Å². The van der Waals surface area contributed by atoms with Crippen molar-refractivity contribution in [2.24, 2.45) is 0 Å². The Morgan fingerprint density at radius 3 is 0.480 bits per heavy atom. The molecule has 0 radical (unpaired) electrons. The van der Waals surface area contributed by atoms with E-state index in [4.69, 9.17) is 18.9 Å². The van der Waals surface area contributed by atoms with Crippen LogP contribution in [0.3, 0.4) is 0 Å². The number of esters is 4. The second-order valence-electron chi connectivity index (χ2n) is 36.0. The van der Waals surface area contributed by atoms with Crippen LogP contribution in [0, 0.1) is 0 Å². The smallest absolute Gasteiger partial charge is 0.744 e. The molecule has 0 bridgehead atoms. The van der Waals surface area contributed by atoms with Crippen molar-refractivity contribution in [2.45, 2.75) is 523 Å². The van der Waals surface area contributed by atoms with Crippen LogP contribution in [0.4, 0.5) is 0 Å². The van der Waals surface area contributed by atoms with Gasteiger partial charge in [-0.25, -0.2) is 36.0 Å². The van der Waals surface area contributed by atoms with E-state index in [0.29, 0.717) is 25.7 Å². The Bertz CT molecular complexity index is 2890. The van der Waals surface area contributed by atoms with E-state index in [9.17, 15) is 45.1 Å². The number of unbranched alkanes of at least 4 members (excludes halogenated alkanes) is 76. The number of carbonyl (C=O) groups excluding carboxylic acids is 4. The Hall–Kier alpha value is -3.64. The van der Waals surface area contributed by atoms with Gasteiger partial charge in [-0.2, -0.15) is 0 Å².